The van der Waals surface area contributed by atoms with Gasteiger partial charge in [-0.05, 0) is 43.7 Å². The summed E-state index contributed by atoms with van der Waals surface area (Å²) in [5.41, 5.74) is 4.31. The van der Waals surface area contributed by atoms with Crippen molar-refractivity contribution in [1.29, 1.82) is 0 Å². The highest BCUT2D eigenvalue weighted by molar-refractivity contribution is 6.45. The SMILES string of the molecule is CCN1CCN(C2=C(c3ccc(C)cc3C)C(=O)N(c3ccc(OC)c(OC)c3)C2=O)CC1. The van der Waals surface area contributed by atoms with Crippen molar-refractivity contribution in [1.82, 2.24) is 9.80 Å². The average molecular weight is 450 g/mol. The van der Waals surface area contributed by atoms with E-state index in [9.17, 15) is 9.59 Å². The van der Waals surface area contributed by atoms with Crippen molar-refractivity contribution in [3.05, 3.63) is 58.8 Å². The first-order chi connectivity index (χ1) is 15.9. The van der Waals surface area contributed by atoms with Crippen LogP contribution in [0, 0.1) is 13.8 Å². The number of imide groups is 1. The molecule has 7 nitrogen and oxygen atoms in total. The quantitative estimate of drug-likeness (QED) is 0.631. The van der Waals surface area contributed by atoms with E-state index in [1.807, 2.05) is 32.0 Å². The van der Waals surface area contributed by atoms with Gasteiger partial charge in [-0.3, -0.25) is 9.59 Å². The monoisotopic (exact) mass is 449 g/mol. The number of methoxy groups -OCH3 is 2. The molecule has 0 spiro atoms. The number of anilines is 1. The van der Waals surface area contributed by atoms with Crippen LogP contribution in [-0.2, 0) is 9.59 Å². The third-order valence-corrected chi connectivity index (χ3v) is 6.47. The fraction of sp³-hybridized carbons (Fsp3) is 0.385. The molecule has 2 heterocycles. The van der Waals surface area contributed by atoms with E-state index in [4.69, 9.17) is 9.47 Å². The lowest BCUT2D eigenvalue weighted by atomic mass is 9.97. The number of rotatable bonds is 6. The summed E-state index contributed by atoms with van der Waals surface area (Å²) in [7, 11) is 3.09. The molecule has 1 fully saturated rings. The average Bonchev–Trinajstić information content (AvgIpc) is 3.08. The molecule has 0 bridgehead atoms. The zero-order chi connectivity index (χ0) is 23.7. The zero-order valence-electron chi connectivity index (χ0n) is 20.0. The number of piperazine rings is 1. The van der Waals surface area contributed by atoms with Crippen LogP contribution in [0.15, 0.2) is 42.1 Å². The van der Waals surface area contributed by atoms with Crippen LogP contribution < -0.4 is 14.4 Å². The molecule has 4 rings (SSSR count). The number of ether oxygens (including phenoxy) is 2. The van der Waals surface area contributed by atoms with E-state index < -0.39 is 0 Å². The van der Waals surface area contributed by atoms with Gasteiger partial charge in [0.1, 0.15) is 5.70 Å². The summed E-state index contributed by atoms with van der Waals surface area (Å²) < 4.78 is 10.7. The van der Waals surface area contributed by atoms with Crippen molar-refractivity contribution < 1.29 is 19.1 Å². The molecule has 2 aliphatic heterocycles. The molecule has 2 aromatic rings. The predicted octanol–water partition coefficient (Wildman–Crippen LogP) is 3.24. The smallest absolute Gasteiger partial charge is 0.282 e. The maximum absolute atomic E-state index is 13.8. The van der Waals surface area contributed by atoms with Gasteiger partial charge in [-0.25, -0.2) is 4.90 Å². The summed E-state index contributed by atoms with van der Waals surface area (Å²) in [4.78, 5) is 33.3. The van der Waals surface area contributed by atoms with Gasteiger partial charge in [-0.1, -0.05) is 30.7 Å². The van der Waals surface area contributed by atoms with Gasteiger partial charge in [0.25, 0.3) is 11.8 Å². The zero-order valence-corrected chi connectivity index (χ0v) is 20.0. The first-order valence-corrected chi connectivity index (χ1v) is 11.3. The van der Waals surface area contributed by atoms with Crippen molar-refractivity contribution in [3.8, 4) is 11.5 Å². The topological polar surface area (TPSA) is 62.3 Å². The van der Waals surface area contributed by atoms with E-state index in [0.717, 1.165) is 36.3 Å². The highest BCUT2D eigenvalue weighted by Crippen LogP contribution is 2.39. The molecule has 1 saturated heterocycles. The van der Waals surface area contributed by atoms with Crippen molar-refractivity contribution >= 4 is 23.1 Å². The van der Waals surface area contributed by atoms with Gasteiger partial charge in [-0.2, -0.15) is 0 Å². The van der Waals surface area contributed by atoms with Crippen LogP contribution in [0.25, 0.3) is 5.57 Å². The van der Waals surface area contributed by atoms with Crippen LogP contribution >= 0.6 is 0 Å². The van der Waals surface area contributed by atoms with E-state index in [-0.39, 0.29) is 11.8 Å². The molecule has 2 aliphatic rings. The van der Waals surface area contributed by atoms with Crippen LogP contribution in [0.5, 0.6) is 11.5 Å². The number of amides is 2. The third-order valence-electron chi connectivity index (χ3n) is 6.47. The highest BCUT2D eigenvalue weighted by atomic mass is 16.5. The predicted molar refractivity (Wildman–Crippen MR) is 129 cm³/mol. The molecule has 2 amide bonds. The Morgan fingerprint density at radius 2 is 1.55 bits per heavy atom. The lowest BCUT2D eigenvalue weighted by molar-refractivity contribution is -0.120. The maximum atomic E-state index is 13.8. The Morgan fingerprint density at radius 1 is 0.848 bits per heavy atom. The Labute approximate surface area is 195 Å². The van der Waals surface area contributed by atoms with Crippen LogP contribution in [0.2, 0.25) is 0 Å². The summed E-state index contributed by atoms with van der Waals surface area (Å²) >= 11 is 0. The van der Waals surface area contributed by atoms with E-state index in [1.165, 1.54) is 12.0 Å². The summed E-state index contributed by atoms with van der Waals surface area (Å²) in [6.07, 6.45) is 0. The third kappa shape index (κ3) is 4.09. The number of hydrogen-bond acceptors (Lipinski definition) is 6. The molecule has 0 N–H and O–H groups in total. The Bertz CT molecular complexity index is 1120. The van der Waals surface area contributed by atoms with Gasteiger partial charge in [0.05, 0.1) is 25.5 Å². The van der Waals surface area contributed by atoms with Crippen LogP contribution in [0.3, 0.4) is 0 Å². The second kappa shape index (κ2) is 9.27. The molecule has 7 heteroatoms. The molecule has 33 heavy (non-hydrogen) atoms. The molecule has 0 aromatic heterocycles. The second-order valence-corrected chi connectivity index (χ2v) is 8.45. The minimum absolute atomic E-state index is 0.299. The fourth-order valence-electron chi connectivity index (χ4n) is 4.63. The van der Waals surface area contributed by atoms with E-state index in [1.54, 1.807) is 25.3 Å². The fourth-order valence-corrected chi connectivity index (χ4v) is 4.63. The maximum Gasteiger partial charge on any atom is 0.282 e. The van der Waals surface area contributed by atoms with Gasteiger partial charge in [-0.15, -0.1) is 0 Å². The van der Waals surface area contributed by atoms with Crippen LogP contribution in [0.4, 0.5) is 5.69 Å². The number of likely N-dealkylation sites (N-methyl/N-ethyl adjacent to an activating group) is 1. The number of benzene rings is 2. The molecule has 0 atom stereocenters. The van der Waals surface area contributed by atoms with Gasteiger partial charge in [0, 0.05) is 32.2 Å². The Kier molecular flexibility index (Phi) is 6.42. The summed E-state index contributed by atoms with van der Waals surface area (Å²) in [5, 5.41) is 0. The minimum Gasteiger partial charge on any atom is -0.493 e. The molecule has 0 saturated carbocycles. The minimum atomic E-state index is -0.313. The molecule has 174 valence electrons. The lowest BCUT2D eigenvalue weighted by Crippen LogP contribution is -2.47. The molecular weight excluding hydrogens is 418 g/mol. The van der Waals surface area contributed by atoms with E-state index in [2.05, 4.69) is 16.7 Å². The Balaban J connectivity index is 1.81. The summed E-state index contributed by atoms with van der Waals surface area (Å²) in [6, 6.07) is 11.1. The Hall–Kier alpha value is -3.32. The van der Waals surface area contributed by atoms with Gasteiger partial charge >= 0.3 is 0 Å². The molecule has 2 aromatic carbocycles. The van der Waals surface area contributed by atoms with E-state index >= 15 is 0 Å². The van der Waals surface area contributed by atoms with Crippen LogP contribution in [0.1, 0.15) is 23.6 Å². The summed E-state index contributed by atoms with van der Waals surface area (Å²) in [6.45, 7) is 10.2. The number of carbonyl (C=O) groups is 2. The summed E-state index contributed by atoms with van der Waals surface area (Å²) in [5.74, 6) is 0.395. The Morgan fingerprint density at radius 3 is 2.15 bits per heavy atom. The second-order valence-electron chi connectivity index (χ2n) is 8.45. The number of hydrogen-bond donors (Lipinski definition) is 0. The van der Waals surface area contributed by atoms with Gasteiger partial charge in [0.15, 0.2) is 11.5 Å². The van der Waals surface area contributed by atoms with Gasteiger partial charge < -0.3 is 19.3 Å². The molecule has 0 aliphatic carbocycles. The standard InChI is InChI=1S/C26H31N3O4/c1-6-27-11-13-28(14-12-27)24-23(20-9-7-17(2)15-18(20)3)25(30)29(26(24)31)19-8-10-21(32-4)22(16-19)33-5/h7-10,15-16H,6,11-14H2,1-5H3. The van der Waals surface area contributed by atoms with Crippen molar-refractivity contribution in [3.63, 3.8) is 0 Å². The number of aryl methyl sites for hydroxylation is 2. The normalized spacial score (nSPS) is 17.2. The van der Waals surface area contributed by atoms with Crippen molar-refractivity contribution in [2.24, 2.45) is 0 Å². The first-order valence-electron chi connectivity index (χ1n) is 11.3. The van der Waals surface area contributed by atoms with Gasteiger partial charge in [0.2, 0.25) is 0 Å². The largest absolute Gasteiger partial charge is 0.493 e. The molecule has 0 unspecified atom stereocenters. The highest BCUT2D eigenvalue weighted by Gasteiger charge is 2.43. The molecular formula is C26H31N3O4. The molecule has 0 radical (unpaired) electrons. The van der Waals surface area contributed by atoms with Crippen molar-refractivity contribution in [2.45, 2.75) is 20.8 Å². The van der Waals surface area contributed by atoms with E-state index in [0.29, 0.717) is 41.5 Å². The number of carbonyl (C=O) groups excluding carboxylic acids is 2. The number of nitrogens with zero attached hydrogens (tertiary/aromatic N) is 3. The van der Waals surface area contributed by atoms with Crippen LogP contribution in [-0.4, -0.2) is 68.6 Å². The lowest BCUT2D eigenvalue weighted by Gasteiger charge is -2.36. The first kappa shape index (κ1) is 22.9. The van der Waals surface area contributed by atoms with Crippen molar-refractivity contribution in [2.75, 3.05) is 51.8 Å².